The molecule has 2 heterocycles. The number of hydrazone groups is 1. The summed E-state index contributed by atoms with van der Waals surface area (Å²) >= 11 is 2.75. The molecular weight excluding hydrogens is 817 g/mol. The summed E-state index contributed by atoms with van der Waals surface area (Å²) in [5, 5.41) is 8.61. The minimum absolute atomic E-state index is 0. The van der Waals surface area contributed by atoms with Crippen LogP contribution in [0.15, 0.2) is 87.7 Å². The maximum Gasteiger partial charge on any atom is 0.241 e. The number of methoxy groups -OCH3 is 6. The molecule has 4 aromatic carbocycles. The molecule has 320 valence electrons. The Morgan fingerprint density at radius 3 is 1.45 bits per heavy atom. The number of benzene rings is 4. The molecule has 60 heavy (non-hydrogen) atoms. The number of carbonyl (C=O) groups is 5. The maximum atomic E-state index is 12.2. The van der Waals surface area contributed by atoms with Gasteiger partial charge in [0.2, 0.25) is 35.1 Å². The van der Waals surface area contributed by atoms with E-state index >= 15 is 0 Å². The van der Waals surface area contributed by atoms with Crippen LogP contribution in [-0.4, -0.2) is 89.3 Å². The van der Waals surface area contributed by atoms with E-state index < -0.39 is 10.5 Å². The summed E-state index contributed by atoms with van der Waals surface area (Å²) in [6, 6.07) is 21.6. The van der Waals surface area contributed by atoms with Gasteiger partial charge in [-0.3, -0.25) is 29.4 Å². The monoisotopic (exact) mass is 864 g/mol. The van der Waals surface area contributed by atoms with E-state index in [1.807, 2.05) is 54.0 Å². The van der Waals surface area contributed by atoms with Gasteiger partial charge in [-0.1, -0.05) is 31.7 Å². The first-order chi connectivity index (χ1) is 28.5. The fourth-order valence-corrected chi connectivity index (χ4v) is 7.64. The van der Waals surface area contributed by atoms with Crippen LogP contribution in [-0.2, 0) is 19.2 Å². The van der Waals surface area contributed by atoms with Crippen molar-refractivity contribution in [2.24, 2.45) is 10.9 Å². The van der Waals surface area contributed by atoms with Crippen molar-refractivity contribution in [3.05, 3.63) is 83.9 Å². The number of fused-ring (bicyclic) bond motifs is 2. The molecule has 6 rings (SSSR count). The molecule has 0 bridgehead atoms. The molecule has 0 saturated heterocycles. The van der Waals surface area contributed by atoms with Crippen LogP contribution in [0.3, 0.4) is 0 Å². The molecule has 0 spiro atoms. The fraction of sp³-hybridized carbons (Fsp3) is 0.268. The Labute approximate surface area is 356 Å². The summed E-state index contributed by atoms with van der Waals surface area (Å²) in [7, 11) is 9.08. The average Bonchev–Trinajstić information content (AvgIpc) is 3.26. The molecule has 0 fully saturated rings. The topological polar surface area (TPSA) is 227 Å². The van der Waals surface area contributed by atoms with Crippen molar-refractivity contribution in [2.45, 2.75) is 40.6 Å². The Balaban J connectivity index is 0.000000262. The minimum Gasteiger partial charge on any atom is -0.493 e. The number of hydrogen-bond acceptors (Lipinski definition) is 15. The Bertz CT molecular complexity index is 2120. The zero-order valence-corrected chi connectivity index (χ0v) is 34.6. The summed E-state index contributed by atoms with van der Waals surface area (Å²) in [5.74, 6) is 6.81. The highest BCUT2D eigenvalue weighted by molar-refractivity contribution is 8.01. The summed E-state index contributed by atoms with van der Waals surface area (Å²) in [5.41, 5.74) is 7.17. The lowest BCUT2D eigenvalue weighted by atomic mass is 10.2. The van der Waals surface area contributed by atoms with Gasteiger partial charge in [0, 0.05) is 33.8 Å². The third kappa shape index (κ3) is 12.8. The van der Waals surface area contributed by atoms with Gasteiger partial charge < -0.3 is 39.1 Å². The van der Waals surface area contributed by atoms with E-state index in [1.165, 1.54) is 72.4 Å². The second-order valence-electron chi connectivity index (χ2n) is 12.0. The van der Waals surface area contributed by atoms with Gasteiger partial charge >= 0.3 is 0 Å². The van der Waals surface area contributed by atoms with Gasteiger partial charge in [0.25, 0.3) is 0 Å². The van der Waals surface area contributed by atoms with Gasteiger partial charge in [-0.05, 0) is 48.5 Å². The lowest BCUT2D eigenvalue weighted by Gasteiger charge is -2.23. The first-order valence-electron chi connectivity index (χ1n) is 17.5. The Kier molecular flexibility index (Phi) is 19.0. The number of para-hydroxylation sites is 2. The molecule has 2 aliphatic rings. The number of amides is 4. The number of rotatable bonds is 13. The lowest BCUT2D eigenvalue weighted by Crippen LogP contribution is -2.37. The summed E-state index contributed by atoms with van der Waals surface area (Å²) in [6.07, 6.45) is 2.29. The molecule has 0 aromatic heterocycles. The number of carbonyl (C=O) groups excluding carboxylic acids is 5. The van der Waals surface area contributed by atoms with Gasteiger partial charge in [0.05, 0.1) is 70.7 Å². The zero-order valence-electron chi connectivity index (χ0n) is 33.0. The summed E-state index contributed by atoms with van der Waals surface area (Å²) in [4.78, 5) is 59.7. The van der Waals surface area contributed by atoms with E-state index in [2.05, 4.69) is 21.2 Å². The number of ether oxygens (including phenoxy) is 6. The fourth-order valence-electron chi connectivity index (χ4n) is 5.42. The van der Waals surface area contributed by atoms with Crippen molar-refractivity contribution < 1.29 is 52.4 Å². The number of hydrazine groups is 1. The van der Waals surface area contributed by atoms with Crippen molar-refractivity contribution in [2.75, 3.05) is 53.3 Å². The van der Waals surface area contributed by atoms with Gasteiger partial charge in [0.15, 0.2) is 23.0 Å². The van der Waals surface area contributed by atoms with Crippen molar-refractivity contribution >= 4 is 71.0 Å². The largest absolute Gasteiger partial charge is 0.493 e. The third-order valence-corrected chi connectivity index (χ3v) is 10.8. The SMILES string of the molecule is C.COc1cc(/C=N/NC(=O)CC2Sc3ccccc3NC2=O)cc(OC)c1OC.COc1cc(C=O)cc(OC)c1OC.NNC(=O)CC1Sc2ccccc2NC1=O. The standard InChI is InChI=1S/C20H21N3O5S.C10H11N3O2S.C10H12O4.CH4/c1-26-14-8-12(9-15(27-2)19(14)28-3)11-21-23-18(24)10-17-20(25)22-13-6-4-5-7-16(13)29-17;11-13-9(14)5-8-10(15)12-6-3-1-2-4-7(6)16-8;1-12-8-4-7(6-11)5-9(13-2)10(8)14-3;/h4-9,11,17H,10H2,1-3H3,(H,22,25)(H,23,24);1-4,8H,5,11H2,(H,12,15)(H,13,14);4-6H,1-3H3;1H4/b21-11+;;;. The Hall–Kier alpha value is -6.44. The number of anilines is 2. The first kappa shape index (κ1) is 47.9. The smallest absolute Gasteiger partial charge is 0.241 e. The van der Waals surface area contributed by atoms with Crippen LogP contribution in [0, 0.1) is 0 Å². The quantitative estimate of drug-likeness (QED) is 0.0378. The van der Waals surface area contributed by atoms with Crippen molar-refractivity contribution in [1.29, 1.82) is 0 Å². The predicted molar refractivity (Wildman–Crippen MR) is 231 cm³/mol. The number of nitrogens with one attached hydrogen (secondary N) is 4. The van der Waals surface area contributed by atoms with Gasteiger partial charge in [-0.25, -0.2) is 11.3 Å². The highest BCUT2D eigenvalue weighted by Gasteiger charge is 2.29. The molecule has 19 heteroatoms. The van der Waals surface area contributed by atoms with Gasteiger partial charge in [0.1, 0.15) is 6.29 Å². The maximum absolute atomic E-state index is 12.2. The van der Waals surface area contributed by atoms with Crippen molar-refractivity contribution in [1.82, 2.24) is 10.9 Å². The molecule has 2 unspecified atom stereocenters. The summed E-state index contributed by atoms with van der Waals surface area (Å²) in [6.45, 7) is 0. The molecular formula is C41H48N6O11S2. The van der Waals surface area contributed by atoms with Crippen LogP contribution >= 0.6 is 23.5 Å². The van der Waals surface area contributed by atoms with E-state index in [9.17, 15) is 24.0 Å². The van der Waals surface area contributed by atoms with Crippen LogP contribution in [0.2, 0.25) is 0 Å². The lowest BCUT2D eigenvalue weighted by molar-refractivity contribution is -0.124. The third-order valence-electron chi connectivity index (χ3n) is 8.23. The average molecular weight is 865 g/mol. The van der Waals surface area contributed by atoms with E-state index in [-0.39, 0.29) is 43.9 Å². The number of aldehydes is 1. The molecule has 2 aliphatic heterocycles. The van der Waals surface area contributed by atoms with E-state index in [0.29, 0.717) is 45.6 Å². The number of nitrogens with zero attached hydrogens (tertiary/aromatic N) is 1. The van der Waals surface area contributed by atoms with Gasteiger partial charge in [-0.2, -0.15) is 5.10 Å². The number of nitrogens with two attached hydrogens (primary N) is 1. The first-order valence-corrected chi connectivity index (χ1v) is 19.3. The zero-order chi connectivity index (χ0) is 42.9. The highest BCUT2D eigenvalue weighted by atomic mass is 32.2. The highest BCUT2D eigenvalue weighted by Crippen LogP contribution is 2.40. The van der Waals surface area contributed by atoms with Crippen LogP contribution < -0.4 is 55.7 Å². The van der Waals surface area contributed by atoms with Crippen LogP contribution in [0.1, 0.15) is 36.2 Å². The second kappa shape index (κ2) is 23.8. The second-order valence-corrected chi connectivity index (χ2v) is 14.5. The van der Waals surface area contributed by atoms with Crippen molar-refractivity contribution in [3.8, 4) is 34.5 Å². The summed E-state index contributed by atoms with van der Waals surface area (Å²) < 4.78 is 31.1. The van der Waals surface area contributed by atoms with Crippen molar-refractivity contribution in [3.63, 3.8) is 0 Å². The van der Waals surface area contributed by atoms with Crippen LogP contribution in [0.5, 0.6) is 34.5 Å². The van der Waals surface area contributed by atoms with E-state index in [4.69, 9.17) is 34.3 Å². The van der Waals surface area contributed by atoms with E-state index in [0.717, 1.165) is 27.5 Å². The number of hydrogen-bond donors (Lipinski definition) is 5. The van der Waals surface area contributed by atoms with Gasteiger partial charge in [-0.15, -0.1) is 23.5 Å². The molecule has 0 aliphatic carbocycles. The molecule has 6 N–H and O–H groups in total. The Morgan fingerprint density at radius 2 is 1.07 bits per heavy atom. The normalized spacial score (nSPS) is 14.6. The predicted octanol–water partition coefficient (Wildman–Crippen LogP) is 5.31. The van der Waals surface area contributed by atoms with Crippen LogP contribution in [0.4, 0.5) is 11.4 Å². The van der Waals surface area contributed by atoms with Crippen LogP contribution in [0.25, 0.3) is 0 Å². The molecule has 4 amide bonds. The molecule has 0 saturated carbocycles. The molecule has 17 nitrogen and oxygen atoms in total. The molecule has 0 radical (unpaired) electrons. The molecule has 2 atom stereocenters. The molecule has 4 aromatic rings. The number of thioether (sulfide) groups is 2. The van der Waals surface area contributed by atoms with E-state index in [1.54, 1.807) is 24.3 Å². The Morgan fingerprint density at radius 1 is 0.667 bits per heavy atom. The minimum atomic E-state index is -0.513.